The number of carbonyl (C=O) groups excluding carboxylic acids is 2. The Hall–Kier alpha value is -3.46. The summed E-state index contributed by atoms with van der Waals surface area (Å²) in [6.07, 6.45) is -0.643. The van der Waals surface area contributed by atoms with Gasteiger partial charge in [0.05, 0.1) is 6.61 Å². The van der Waals surface area contributed by atoms with Gasteiger partial charge in [-0.2, -0.15) is 0 Å². The molecule has 0 bridgehead atoms. The number of halogens is 1. The number of anilines is 1. The normalized spacial score (nSPS) is 11.9. The lowest BCUT2D eigenvalue weighted by molar-refractivity contribution is 0.0517. The molecule has 3 aromatic rings. The van der Waals surface area contributed by atoms with Crippen molar-refractivity contribution in [2.24, 2.45) is 0 Å². The first kappa shape index (κ1) is 26.2. The van der Waals surface area contributed by atoms with Gasteiger partial charge >= 0.3 is 12.1 Å². The molecule has 0 radical (unpaired) electrons. The number of hydrogen-bond donors (Lipinski definition) is 0. The number of benzene rings is 2. The smallest absolute Gasteiger partial charge is 0.417 e. The average molecular weight is 542 g/mol. The topological polar surface area (TPSA) is 90.9 Å². The number of nitrogens with zero attached hydrogens (tertiary/aromatic N) is 3. The van der Waals surface area contributed by atoms with Crippen LogP contribution in [-0.2, 0) is 16.1 Å². The molecule has 0 N–H and O–H groups in total. The van der Waals surface area contributed by atoms with Gasteiger partial charge in [0, 0.05) is 5.56 Å². The Balaban J connectivity index is 1.93. The molecule has 0 fully saturated rings. The standard InChI is InChI=1S/C26H28BrN3O5/c1-5-33-24(31)20-15-16-22(29-28-20)30(25(32)35-26(2,3)4)23(27)19-13-9-10-14-21(19)34-17-18-11-7-6-8-12-18/h6-16,23H,5,17H2,1-4H3. The van der Waals surface area contributed by atoms with Crippen molar-refractivity contribution in [2.75, 3.05) is 11.5 Å². The molecule has 184 valence electrons. The molecule has 1 aromatic heterocycles. The SMILES string of the molecule is CCOC(=O)c1ccc(N(C(=O)OC(C)(C)C)C(Br)c2ccccc2OCc2ccccc2)nn1. The summed E-state index contributed by atoms with van der Waals surface area (Å²) < 4.78 is 16.7. The molecule has 1 heterocycles. The molecule has 1 unspecified atom stereocenters. The van der Waals surface area contributed by atoms with E-state index in [1.807, 2.05) is 54.6 Å². The number of alkyl halides is 1. The third-order valence-electron chi connectivity index (χ3n) is 4.61. The molecular formula is C26H28BrN3O5. The van der Waals surface area contributed by atoms with Gasteiger partial charge in [0.15, 0.2) is 11.5 Å². The number of rotatable bonds is 8. The summed E-state index contributed by atoms with van der Waals surface area (Å²) in [4.78, 5) is 25.9. The van der Waals surface area contributed by atoms with Gasteiger partial charge in [-0.05, 0) is 51.5 Å². The van der Waals surface area contributed by atoms with Gasteiger partial charge in [-0.1, -0.05) is 64.5 Å². The van der Waals surface area contributed by atoms with Crippen LogP contribution in [0.25, 0.3) is 0 Å². The van der Waals surface area contributed by atoms with Crippen LogP contribution in [0.15, 0.2) is 66.7 Å². The minimum Gasteiger partial charge on any atom is -0.489 e. The molecular weight excluding hydrogens is 514 g/mol. The molecule has 0 spiro atoms. The number of esters is 1. The maximum absolute atomic E-state index is 13.3. The highest BCUT2D eigenvalue weighted by Crippen LogP contribution is 2.37. The highest BCUT2D eigenvalue weighted by Gasteiger charge is 2.32. The van der Waals surface area contributed by atoms with Crippen molar-refractivity contribution in [3.8, 4) is 5.75 Å². The Kier molecular flexibility index (Phi) is 8.81. The molecule has 8 nitrogen and oxygen atoms in total. The summed E-state index contributed by atoms with van der Waals surface area (Å²) in [6, 6.07) is 20.1. The summed E-state index contributed by atoms with van der Waals surface area (Å²) in [5.74, 6) is 0.181. The molecule has 1 atom stereocenters. The molecule has 0 aliphatic carbocycles. The van der Waals surface area contributed by atoms with Crippen molar-refractivity contribution in [3.05, 3.63) is 83.6 Å². The maximum Gasteiger partial charge on any atom is 0.417 e. The van der Waals surface area contributed by atoms with Crippen molar-refractivity contribution >= 4 is 33.8 Å². The predicted molar refractivity (Wildman–Crippen MR) is 136 cm³/mol. The minimum absolute atomic E-state index is 0.0393. The van der Waals surface area contributed by atoms with E-state index in [1.54, 1.807) is 27.7 Å². The van der Waals surface area contributed by atoms with Crippen molar-refractivity contribution in [1.82, 2.24) is 10.2 Å². The highest BCUT2D eigenvalue weighted by atomic mass is 79.9. The fourth-order valence-electron chi connectivity index (χ4n) is 3.06. The Morgan fingerprint density at radius 2 is 1.66 bits per heavy atom. The van der Waals surface area contributed by atoms with Crippen LogP contribution in [0.5, 0.6) is 5.75 Å². The van der Waals surface area contributed by atoms with Crippen LogP contribution >= 0.6 is 15.9 Å². The third kappa shape index (κ3) is 7.26. The van der Waals surface area contributed by atoms with Gasteiger partial charge in [-0.15, -0.1) is 10.2 Å². The van der Waals surface area contributed by atoms with E-state index in [0.717, 1.165) is 5.56 Å². The second kappa shape index (κ2) is 11.8. The number of carbonyl (C=O) groups is 2. The lowest BCUT2D eigenvalue weighted by atomic mass is 10.1. The second-order valence-corrected chi connectivity index (χ2v) is 9.36. The van der Waals surface area contributed by atoms with E-state index >= 15 is 0 Å². The zero-order chi connectivity index (χ0) is 25.4. The quantitative estimate of drug-likeness (QED) is 0.194. The van der Waals surface area contributed by atoms with Crippen molar-refractivity contribution < 1.29 is 23.8 Å². The minimum atomic E-state index is -0.746. The average Bonchev–Trinajstić information content (AvgIpc) is 2.83. The second-order valence-electron chi connectivity index (χ2n) is 8.50. The summed E-state index contributed by atoms with van der Waals surface area (Å²) in [6.45, 7) is 7.61. The number of para-hydroxylation sites is 1. The van der Waals surface area contributed by atoms with Gasteiger partial charge in [0.25, 0.3) is 0 Å². The van der Waals surface area contributed by atoms with E-state index in [1.165, 1.54) is 17.0 Å². The molecule has 35 heavy (non-hydrogen) atoms. The van der Waals surface area contributed by atoms with Gasteiger partial charge < -0.3 is 14.2 Å². The first-order valence-electron chi connectivity index (χ1n) is 11.1. The molecule has 0 saturated carbocycles. The van der Waals surface area contributed by atoms with Crippen LogP contribution in [0.1, 0.15) is 54.3 Å². The number of ether oxygens (including phenoxy) is 3. The molecule has 1 amide bonds. The number of aromatic nitrogens is 2. The monoisotopic (exact) mass is 541 g/mol. The van der Waals surface area contributed by atoms with Crippen molar-refractivity contribution in [1.29, 1.82) is 0 Å². The zero-order valence-electron chi connectivity index (χ0n) is 20.1. The van der Waals surface area contributed by atoms with Gasteiger partial charge in [-0.25, -0.2) is 14.5 Å². The van der Waals surface area contributed by atoms with E-state index < -0.39 is 22.6 Å². The summed E-state index contributed by atoms with van der Waals surface area (Å²) in [7, 11) is 0. The number of hydrogen-bond acceptors (Lipinski definition) is 7. The van der Waals surface area contributed by atoms with Crippen LogP contribution in [0, 0.1) is 0 Å². The summed E-state index contributed by atoms with van der Waals surface area (Å²) >= 11 is 3.63. The molecule has 9 heteroatoms. The summed E-state index contributed by atoms with van der Waals surface area (Å²) in [5, 5.41) is 8.05. The maximum atomic E-state index is 13.3. The van der Waals surface area contributed by atoms with Crippen LogP contribution in [0.4, 0.5) is 10.6 Å². The van der Waals surface area contributed by atoms with E-state index in [0.29, 0.717) is 17.9 Å². The van der Waals surface area contributed by atoms with Crippen LogP contribution in [0.2, 0.25) is 0 Å². The van der Waals surface area contributed by atoms with Gasteiger partial charge in [0.1, 0.15) is 22.9 Å². The largest absolute Gasteiger partial charge is 0.489 e. The first-order valence-corrected chi connectivity index (χ1v) is 12.0. The van der Waals surface area contributed by atoms with Crippen molar-refractivity contribution in [2.45, 2.75) is 44.9 Å². The molecule has 0 saturated heterocycles. The van der Waals surface area contributed by atoms with Gasteiger partial charge in [-0.3, -0.25) is 0 Å². The van der Waals surface area contributed by atoms with Crippen LogP contribution in [-0.4, -0.2) is 34.5 Å². The van der Waals surface area contributed by atoms with E-state index in [-0.39, 0.29) is 18.1 Å². The van der Waals surface area contributed by atoms with Crippen LogP contribution < -0.4 is 9.64 Å². The highest BCUT2D eigenvalue weighted by molar-refractivity contribution is 9.09. The Labute approximate surface area is 213 Å². The molecule has 3 rings (SSSR count). The first-order chi connectivity index (χ1) is 16.7. The molecule has 0 aliphatic rings. The third-order valence-corrected chi connectivity index (χ3v) is 5.51. The fourth-order valence-corrected chi connectivity index (χ4v) is 3.82. The van der Waals surface area contributed by atoms with E-state index in [4.69, 9.17) is 14.2 Å². The predicted octanol–water partition coefficient (Wildman–Crippen LogP) is 6.07. The molecule has 0 aliphatic heterocycles. The zero-order valence-corrected chi connectivity index (χ0v) is 21.7. The van der Waals surface area contributed by atoms with E-state index in [2.05, 4.69) is 26.1 Å². The number of amides is 1. The Morgan fingerprint density at radius 3 is 2.29 bits per heavy atom. The lowest BCUT2D eigenvalue weighted by Gasteiger charge is -2.30. The molecule has 2 aromatic carbocycles. The Bertz CT molecular complexity index is 1130. The van der Waals surface area contributed by atoms with Crippen LogP contribution in [0.3, 0.4) is 0 Å². The lowest BCUT2D eigenvalue weighted by Crippen LogP contribution is -2.38. The van der Waals surface area contributed by atoms with Crippen molar-refractivity contribution in [3.63, 3.8) is 0 Å². The summed E-state index contributed by atoms with van der Waals surface area (Å²) in [5.41, 5.74) is 0.991. The van der Waals surface area contributed by atoms with Gasteiger partial charge in [0.2, 0.25) is 0 Å². The van der Waals surface area contributed by atoms with E-state index in [9.17, 15) is 9.59 Å². The Morgan fingerprint density at radius 1 is 0.971 bits per heavy atom. The fraction of sp³-hybridized carbons (Fsp3) is 0.308.